The van der Waals surface area contributed by atoms with Crippen molar-refractivity contribution in [2.45, 2.75) is 37.0 Å². The van der Waals surface area contributed by atoms with Crippen LogP contribution < -0.4 is 10.6 Å². The number of carbonyl (C=O) groups is 1. The summed E-state index contributed by atoms with van der Waals surface area (Å²) in [6.07, 6.45) is 2.15. The normalized spacial score (nSPS) is 29.4. The minimum absolute atomic E-state index is 0.0423. The first-order chi connectivity index (χ1) is 12.4. The molecule has 1 aromatic rings. The monoisotopic (exact) mass is 400 g/mol. The van der Waals surface area contributed by atoms with E-state index in [9.17, 15) is 13.2 Å². The van der Waals surface area contributed by atoms with Crippen molar-refractivity contribution < 1.29 is 22.7 Å². The van der Waals surface area contributed by atoms with Gasteiger partial charge in [-0.15, -0.1) is 11.3 Å². The number of ether oxygens (including phenoxy) is 2. The van der Waals surface area contributed by atoms with E-state index in [2.05, 4.69) is 10.6 Å². The summed E-state index contributed by atoms with van der Waals surface area (Å²) >= 11 is 1.49. The molecule has 2 atom stereocenters. The summed E-state index contributed by atoms with van der Waals surface area (Å²) < 4.78 is 35.1. The Morgan fingerprint density at radius 2 is 2.15 bits per heavy atom. The molecule has 1 spiro atoms. The first-order valence-electron chi connectivity index (χ1n) is 8.94. The summed E-state index contributed by atoms with van der Waals surface area (Å²) in [5.41, 5.74) is 0.920. The zero-order valence-electron chi connectivity index (χ0n) is 14.7. The van der Waals surface area contributed by atoms with E-state index in [4.69, 9.17) is 9.47 Å². The second kappa shape index (κ2) is 6.87. The number of sulfone groups is 1. The van der Waals surface area contributed by atoms with Crippen LogP contribution in [-0.2, 0) is 31.3 Å². The van der Waals surface area contributed by atoms with E-state index < -0.39 is 22.0 Å². The highest BCUT2D eigenvalue weighted by Crippen LogP contribution is 2.44. The molecule has 3 aliphatic heterocycles. The van der Waals surface area contributed by atoms with Crippen LogP contribution in [0.25, 0.3) is 0 Å². The summed E-state index contributed by atoms with van der Waals surface area (Å²) in [4.78, 5) is 14.5. The van der Waals surface area contributed by atoms with E-state index in [1.165, 1.54) is 24.0 Å². The molecule has 1 aromatic heterocycles. The maximum Gasteiger partial charge on any atom is 0.261 e. The Bertz CT molecular complexity index is 798. The fourth-order valence-corrected chi connectivity index (χ4v) is 7.32. The number of fused-ring (bicyclic) bond motifs is 2. The van der Waals surface area contributed by atoms with Crippen molar-refractivity contribution in [2.24, 2.45) is 0 Å². The maximum absolute atomic E-state index is 12.8. The van der Waals surface area contributed by atoms with E-state index in [0.717, 1.165) is 37.2 Å². The molecule has 3 aliphatic rings. The van der Waals surface area contributed by atoms with Crippen LogP contribution >= 0.6 is 11.3 Å². The zero-order valence-corrected chi connectivity index (χ0v) is 16.4. The number of amides is 1. The molecule has 4 rings (SSSR count). The minimum Gasteiger partial charge on any atom is -0.378 e. The van der Waals surface area contributed by atoms with Gasteiger partial charge in [0.15, 0.2) is 9.84 Å². The van der Waals surface area contributed by atoms with Gasteiger partial charge in [0.2, 0.25) is 0 Å². The molecule has 4 heterocycles. The molecule has 0 aliphatic carbocycles. The molecule has 144 valence electrons. The smallest absolute Gasteiger partial charge is 0.261 e. The molecule has 9 heteroatoms. The van der Waals surface area contributed by atoms with Gasteiger partial charge in [-0.1, -0.05) is 0 Å². The minimum atomic E-state index is -3.17. The summed E-state index contributed by atoms with van der Waals surface area (Å²) in [6, 6.07) is 1.45. The van der Waals surface area contributed by atoms with Crippen LogP contribution in [0, 0.1) is 0 Å². The van der Waals surface area contributed by atoms with E-state index in [0.29, 0.717) is 11.5 Å². The third-order valence-corrected chi connectivity index (χ3v) is 8.59. The van der Waals surface area contributed by atoms with Crippen LogP contribution in [0.2, 0.25) is 0 Å². The molecule has 2 saturated heterocycles. The van der Waals surface area contributed by atoms with Crippen LogP contribution in [0.3, 0.4) is 0 Å². The number of thiophene rings is 1. The van der Waals surface area contributed by atoms with E-state index in [1.807, 2.05) is 6.07 Å². The Kier molecular flexibility index (Phi) is 4.85. The molecule has 0 unspecified atom stereocenters. The fourth-order valence-electron chi connectivity index (χ4n) is 4.16. The Hall–Kier alpha value is -1.00. The Labute approximate surface area is 157 Å². The Morgan fingerprint density at radius 3 is 2.88 bits per heavy atom. The molecular weight excluding hydrogens is 376 g/mol. The van der Waals surface area contributed by atoms with Gasteiger partial charge in [-0.05, 0) is 44.0 Å². The number of nitrogens with one attached hydrogen (secondary N) is 2. The molecule has 1 amide bonds. The van der Waals surface area contributed by atoms with Crippen molar-refractivity contribution in [1.29, 1.82) is 0 Å². The van der Waals surface area contributed by atoms with Crippen molar-refractivity contribution in [3.63, 3.8) is 0 Å². The largest absolute Gasteiger partial charge is 0.378 e. The topological polar surface area (TPSA) is 93.7 Å². The maximum atomic E-state index is 12.8. The van der Waals surface area contributed by atoms with Gasteiger partial charge in [0.05, 0.1) is 35.1 Å². The van der Waals surface area contributed by atoms with Crippen molar-refractivity contribution in [1.82, 2.24) is 10.6 Å². The van der Waals surface area contributed by atoms with Gasteiger partial charge < -0.3 is 20.1 Å². The van der Waals surface area contributed by atoms with Crippen LogP contribution in [0.15, 0.2) is 6.07 Å². The standard InChI is InChI=1S/C17H24N2O5S2/c1-23-13-10-26(21,22)9-12(13)19-16(20)14-8-11-2-7-24-17(15(11)25-14)3-5-18-6-4-17/h8,12-13,18H,2-7,9-10H2,1H3,(H,19,20)/t12-,13-/m1/s1. The molecule has 26 heavy (non-hydrogen) atoms. The fraction of sp³-hybridized carbons (Fsp3) is 0.706. The SMILES string of the molecule is CO[C@@H]1CS(=O)(=O)C[C@H]1NC(=O)c1cc2c(s1)C1(CCNCC1)OCC2. The number of rotatable bonds is 3. The summed E-state index contributed by atoms with van der Waals surface area (Å²) in [5.74, 6) is -0.335. The zero-order chi connectivity index (χ0) is 18.4. The Morgan fingerprint density at radius 1 is 1.38 bits per heavy atom. The lowest BCUT2D eigenvalue weighted by Crippen LogP contribution is -2.44. The van der Waals surface area contributed by atoms with Crippen molar-refractivity contribution in [3.8, 4) is 0 Å². The van der Waals surface area contributed by atoms with Crippen molar-refractivity contribution in [3.05, 3.63) is 21.4 Å². The summed E-state index contributed by atoms with van der Waals surface area (Å²) in [7, 11) is -1.69. The third kappa shape index (κ3) is 3.31. The lowest BCUT2D eigenvalue weighted by Gasteiger charge is -2.40. The molecule has 0 radical (unpaired) electrons. The third-order valence-electron chi connectivity index (χ3n) is 5.53. The average molecular weight is 401 g/mol. The molecule has 0 aromatic carbocycles. The highest BCUT2D eigenvalue weighted by molar-refractivity contribution is 7.91. The van der Waals surface area contributed by atoms with Gasteiger partial charge in [-0.25, -0.2) is 8.42 Å². The van der Waals surface area contributed by atoms with Crippen LogP contribution in [0.1, 0.15) is 33.0 Å². The van der Waals surface area contributed by atoms with Crippen molar-refractivity contribution >= 4 is 27.1 Å². The second-order valence-electron chi connectivity index (χ2n) is 7.24. The number of methoxy groups -OCH3 is 1. The lowest BCUT2D eigenvalue weighted by molar-refractivity contribution is -0.0771. The first-order valence-corrected chi connectivity index (χ1v) is 11.6. The quantitative estimate of drug-likeness (QED) is 0.765. The molecule has 7 nitrogen and oxygen atoms in total. The number of carbonyl (C=O) groups excluding carboxylic acids is 1. The second-order valence-corrected chi connectivity index (χ2v) is 10.4. The molecule has 2 N–H and O–H groups in total. The van der Waals surface area contributed by atoms with E-state index >= 15 is 0 Å². The van der Waals surface area contributed by atoms with Gasteiger partial charge in [0.25, 0.3) is 5.91 Å². The summed E-state index contributed by atoms with van der Waals surface area (Å²) in [5, 5.41) is 6.22. The van der Waals surface area contributed by atoms with Gasteiger partial charge in [0, 0.05) is 12.0 Å². The first kappa shape index (κ1) is 18.4. The molecule has 0 saturated carbocycles. The highest BCUT2D eigenvalue weighted by atomic mass is 32.2. The molecular formula is C17H24N2O5S2. The van der Waals surface area contributed by atoms with Gasteiger partial charge >= 0.3 is 0 Å². The van der Waals surface area contributed by atoms with Crippen LogP contribution in [-0.4, -0.2) is 64.8 Å². The number of hydrogen-bond acceptors (Lipinski definition) is 7. The van der Waals surface area contributed by atoms with Crippen LogP contribution in [0.4, 0.5) is 0 Å². The molecule has 0 bridgehead atoms. The number of hydrogen-bond donors (Lipinski definition) is 2. The van der Waals surface area contributed by atoms with Crippen LogP contribution in [0.5, 0.6) is 0 Å². The van der Waals surface area contributed by atoms with Gasteiger partial charge in [-0.3, -0.25) is 4.79 Å². The predicted octanol–water partition coefficient (Wildman–Crippen LogP) is 0.441. The van der Waals surface area contributed by atoms with E-state index in [-0.39, 0.29) is 23.0 Å². The average Bonchev–Trinajstić information content (AvgIpc) is 3.17. The lowest BCUT2D eigenvalue weighted by atomic mass is 9.86. The summed E-state index contributed by atoms with van der Waals surface area (Å²) in [6.45, 7) is 2.50. The van der Waals surface area contributed by atoms with E-state index in [1.54, 1.807) is 0 Å². The number of piperidine rings is 1. The highest BCUT2D eigenvalue weighted by Gasteiger charge is 2.42. The van der Waals surface area contributed by atoms with Gasteiger partial charge in [0.1, 0.15) is 5.60 Å². The predicted molar refractivity (Wildman–Crippen MR) is 98.5 cm³/mol. The van der Waals surface area contributed by atoms with Crippen molar-refractivity contribution in [2.75, 3.05) is 38.3 Å². The van der Waals surface area contributed by atoms with Gasteiger partial charge in [-0.2, -0.15) is 0 Å². The molecule has 2 fully saturated rings. The Balaban J connectivity index is 1.55.